The first kappa shape index (κ1) is 16.9. The van der Waals surface area contributed by atoms with Crippen molar-refractivity contribution < 1.29 is 0 Å². The summed E-state index contributed by atoms with van der Waals surface area (Å²) in [4.78, 5) is 15.8. The molecule has 5 rings (SSSR count). The number of nitrogens with zero attached hydrogens (tertiary/aromatic N) is 8. The lowest BCUT2D eigenvalue weighted by Crippen LogP contribution is -2.36. The summed E-state index contributed by atoms with van der Waals surface area (Å²) in [5.74, 6) is 3.24. The summed E-state index contributed by atoms with van der Waals surface area (Å²) in [5.41, 5.74) is 1.86. The molecule has 0 spiro atoms. The smallest absolute Gasteiger partial charge is 0.152 e. The number of benzene rings is 1. The van der Waals surface area contributed by atoms with Crippen LogP contribution in [0.4, 0.5) is 5.82 Å². The molecule has 1 saturated heterocycles. The molecule has 4 aromatic rings. The maximum Gasteiger partial charge on any atom is 0.152 e. The Morgan fingerprint density at radius 2 is 2.04 bits per heavy atom. The van der Waals surface area contributed by atoms with Gasteiger partial charge >= 0.3 is 0 Å². The molecule has 8 heteroatoms. The predicted octanol–water partition coefficient (Wildman–Crippen LogP) is 2.39. The van der Waals surface area contributed by atoms with Gasteiger partial charge in [0.2, 0.25) is 0 Å². The predicted molar refractivity (Wildman–Crippen MR) is 106 cm³/mol. The molecule has 3 aromatic heterocycles. The highest BCUT2D eigenvalue weighted by molar-refractivity contribution is 5.75. The summed E-state index contributed by atoms with van der Waals surface area (Å²) in [6, 6.07) is 8.00. The van der Waals surface area contributed by atoms with Crippen molar-refractivity contribution in [3.8, 4) is 0 Å². The first-order chi connectivity index (χ1) is 13.8. The van der Waals surface area contributed by atoms with E-state index in [-0.39, 0.29) is 0 Å². The number of hydrogen-bond donors (Lipinski definition) is 0. The van der Waals surface area contributed by atoms with E-state index in [0.717, 1.165) is 54.4 Å². The van der Waals surface area contributed by atoms with E-state index in [2.05, 4.69) is 36.7 Å². The van der Waals surface area contributed by atoms with Gasteiger partial charge in [0.25, 0.3) is 0 Å². The molecule has 1 aliphatic rings. The van der Waals surface area contributed by atoms with Crippen LogP contribution in [0.15, 0.2) is 49.2 Å². The minimum absolute atomic E-state index is 0.330. The first-order valence-electron chi connectivity index (χ1n) is 9.58. The van der Waals surface area contributed by atoms with Crippen LogP contribution in [0.2, 0.25) is 0 Å². The van der Waals surface area contributed by atoms with Gasteiger partial charge in [-0.1, -0.05) is 12.1 Å². The van der Waals surface area contributed by atoms with Gasteiger partial charge in [0.15, 0.2) is 5.82 Å². The normalized spacial score (nSPS) is 17.3. The van der Waals surface area contributed by atoms with Crippen LogP contribution < -0.4 is 4.90 Å². The Hall–Kier alpha value is -3.29. The van der Waals surface area contributed by atoms with Crippen molar-refractivity contribution in [2.75, 3.05) is 18.0 Å². The van der Waals surface area contributed by atoms with Crippen LogP contribution in [0.3, 0.4) is 0 Å². The summed E-state index contributed by atoms with van der Waals surface area (Å²) in [6.07, 6.45) is 9.61. The molecule has 1 aromatic carbocycles. The molecular formula is C20H22N8. The maximum atomic E-state index is 4.81. The Kier molecular flexibility index (Phi) is 4.23. The van der Waals surface area contributed by atoms with E-state index in [1.54, 1.807) is 12.5 Å². The third-order valence-electron chi connectivity index (χ3n) is 5.43. The molecule has 0 aliphatic carbocycles. The third kappa shape index (κ3) is 3.11. The number of anilines is 1. The van der Waals surface area contributed by atoms with Crippen LogP contribution in [-0.4, -0.2) is 47.4 Å². The number of fused-ring (bicyclic) bond motifs is 1. The lowest BCUT2D eigenvalue weighted by Gasteiger charge is -2.33. The SMILES string of the molecule is Cn1c(Cn2ccnc2)nnc1C1CCCN(c2cnc3ccccc3n2)C1. The van der Waals surface area contributed by atoms with Gasteiger partial charge in [-0.05, 0) is 25.0 Å². The molecule has 0 radical (unpaired) electrons. The zero-order valence-electron chi connectivity index (χ0n) is 15.8. The summed E-state index contributed by atoms with van der Waals surface area (Å²) >= 11 is 0. The van der Waals surface area contributed by atoms with Gasteiger partial charge in [-0.15, -0.1) is 10.2 Å². The van der Waals surface area contributed by atoms with E-state index in [4.69, 9.17) is 4.98 Å². The number of imidazole rings is 1. The van der Waals surface area contributed by atoms with Crippen LogP contribution in [-0.2, 0) is 13.6 Å². The van der Waals surface area contributed by atoms with Gasteiger partial charge in [-0.25, -0.2) is 9.97 Å². The minimum Gasteiger partial charge on any atom is -0.355 e. The van der Waals surface area contributed by atoms with Gasteiger partial charge in [-0.3, -0.25) is 4.98 Å². The van der Waals surface area contributed by atoms with Crippen LogP contribution in [0, 0.1) is 0 Å². The van der Waals surface area contributed by atoms with E-state index in [9.17, 15) is 0 Å². The Labute approximate surface area is 162 Å². The molecule has 8 nitrogen and oxygen atoms in total. The molecule has 0 N–H and O–H groups in total. The fraction of sp³-hybridized carbons (Fsp3) is 0.350. The van der Waals surface area contributed by atoms with E-state index in [0.29, 0.717) is 12.5 Å². The number of para-hydroxylation sites is 2. The quantitative estimate of drug-likeness (QED) is 0.546. The van der Waals surface area contributed by atoms with Gasteiger partial charge in [0, 0.05) is 38.4 Å². The average molecular weight is 374 g/mol. The molecule has 1 atom stereocenters. The van der Waals surface area contributed by atoms with Gasteiger partial charge in [0.1, 0.15) is 11.6 Å². The van der Waals surface area contributed by atoms with Crippen molar-refractivity contribution in [2.45, 2.75) is 25.3 Å². The van der Waals surface area contributed by atoms with Crippen molar-refractivity contribution >= 4 is 16.9 Å². The zero-order chi connectivity index (χ0) is 18.9. The highest BCUT2D eigenvalue weighted by Gasteiger charge is 2.27. The fourth-order valence-corrected chi connectivity index (χ4v) is 3.91. The lowest BCUT2D eigenvalue weighted by atomic mass is 9.97. The van der Waals surface area contributed by atoms with Crippen molar-refractivity contribution in [3.63, 3.8) is 0 Å². The Morgan fingerprint density at radius 3 is 2.89 bits per heavy atom. The number of aromatic nitrogens is 7. The number of rotatable bonds is 4. The second kappa shape index (κ2) is 7.03. The van der Waals surface area contributed by atoms with Crippen LogP contribution in [0.5, 0.6) is 0 Å². The van der Waals surface area contributed by atoms with Crippen molar-refractivity contribution in [1.82, 2.24) is 34.3 Å². The second-order valence-corrected chi connectivity index (χ2v) is 7.27. The summed E-state index contributed by atoms with van der Waals surface area (Å²) in [7, 11) is 2.05. The Morgan fingerprint density at radius 1 is 1.14 bits per heavy atom. The van der Waals surface area contributed by atoms with Crippen molar-refractivity contribution in [3.05, 3.63) is 60.8 Å². The maximum absolute atomic E-state index is 4.81. The average Bonchev–Trinajstić information content (AvgIpc) is 3.38. The van der Waals surface area contributed by atoms with E-state index in [1.165, 1.54) is 0 Å². The van der Waals surface area contributed by atoms with E-state index >= 15 is 0 Å². The molecule has 4 heterocycles. The van der Waals surface area contributed by atoms with E-state index < -0.39 is 0 Å². The summed E-state index contributed by atoms with van der Waals surface area (Å²) in [5, 5.41) is 8.94. The first-order valence-corrected chi connectivity index (χ1v) is 9.58. The lowest BCUT2D eigenvalue weighted by molar-refractivity contribution is 0.475. The summed E-state index contributed by atoms with van der Waals surface area (Å²) < 4.78 is 4.13. The summed E-state index contributed by atoms with van der Waals surface area (Å²) in [6.45, 7) is 2.55. The highest BCUT2D eigenvalue weighted by Crippen LogP contribution is 2.28. The van der Waals surface area contributed by atoms with Crippen LogP contribution in [0.1, 0.15) is 30.4 Å². The largest absolute Gasteiger partial charge is 0.355 e. The molecule has 28 heavy (non-hydrogen) atoms. The molecule has 1 fully saturated rings. The number of hydrogen-bond acceptors (Lipinski definition) is 6. The molecule has 0 amide bonds. The zero-order valence-corrected chi connectivity index (χ0v) is 15.8. The topological polar surface area (TPSA) is 77.5 Å². The third-order valence-corrected chi connectivity index (χ3v) is 5.43. The molecule has 1 unspecified atom stereocenters. The van der Waals surface area contributed by atoms with Crippen molar-refractivity contribution in [1.29, 1.82) is 0 Å². The molecular weight excluding hydrogens is 352 g/mol. The monoisotopic (exact) mass is 374 g/mol. The Balaban J connectivity index is 1.37. The Bertz CT molecular complexity index is 1080. The van der Waals surface area contributed by atoms with Gasteiger partial charge in [0.05, 0.1) is 30.1 Å². The fourth-order valence-electron chi connectivity index (χ4n) is 3.91. The minimum atomic E-state index is 0.330. The number of piperidine rings is 1. The molecule has 142 valence electrons. The van der Waals surface area contributed by atoms with Crippen molar-refractivity contribution in [2.24, 2.45) is 7.05 Å². The van der Waals surface area contributed by atoms with E-state index in [1.807, 2.05) is 41.2 Å². The van der Waals surface area contributed by atoms with Gasteiger partial charge in [-0.2, -0.15) is 0 Å². The van der Waals surface area contributed by atoms with Gasteiger partial charge < -0.3 is 14.0 Å². The van der Waals surface area contributed by atoms with Crippen LogP contribution >= 0.6 is 0 Å². The standard InChI is InChI=1S/C20H22N8/c1-26-19(13-27-10-8-21-14-27)24-25-20(26)15-5-4-9-28(12-15)18-11-22-16-6-2-3-7-17(16)23-18/h2-3,6-8,10-11,14-15H,4-5,9,12-13H2,1H3. The highest BCUT2D eigenvalue weighted by atomic mass is 15.3. The van der Waals surface area contributed by atoms with Crippen LogP contribution in [0.25, 0.3) is 11.0 Å². The second-order valence-electron chi connectivity index (χ2n) is 7.27. The molecule has 1 aliphatic heterocycles. The molecule has 0 saturated carbocycles. The molecule has 0 bridgehead atoms.